The summed E-state index contributed by atoms with van der Waals surface area (Å²) in [6.45, 7) is 2.45. The van der Waals surface area contributed by atoms with Crippen molar-refractivity contribution in [3.63, 3.8) is 0 Å². The molecular formula is C125H81N3O3. The minimum atomic E-state index is -0.641. The molecule has 0 bridgehead atoms. The molecule has 131 heavy (non-hydrogen) atoms. The summed E-state index contributed by atoms with van der Waals surface area (Å²) in [5, 5.41) is 3.95. The Morgan fingerprint density at radius 3 is 0.969 bits per heavy atom. The molecule has 1 atom stereocenters. The Morgan fingerprint density at radius 2 is 0.496 bits per heavy atom. The molecule has 0 radical (unpaired) electrons. The van der Waals surface area contributed by atoms with Gasteiger partial charge in [-0.15, -0.1) is 0 Å². The second-order valence-corrected chi connectivity index (χ2v) is 35.9. The topological polar surface area (TPSA) is 46.2 Å². The van der Waals surface area contributed by atoms with Crippen molar-refractivity contribution in [2.75, 3.05) is 15.1 Å². The van der Waals surface area contributed by atoms with Crippen LogP contribution in [0.15, 0.2) is 455 Å². The second-order valence-electron chi connectivity index (χ2n) is 35.9. The third-order valence-corrected chi connectivity index (χ3v) is 29.0. The van der Waals surface area contributed by atoms with E-state index in [2.05, 4.69) is 453 Å². The van der Waals surface area contributed by atoms with E-state index in [4.69, 9.17) is 14.2 Å². The van der Waals surface area contributed by atoms with Crippen LogP contribution >= 0.6 is 0 Å². The summed E-state index contributed by atoms with van der Waals surface area (Å²) in [6, 6.07) is 168. The molecule has 614 valence electrons. The molecule has 20 aromatic carbocycles. The van der Waals surface area contributed by atoms with Crippen molar-refractivity contribution in [2.45, 2.75) is 29.6 Å². The van der Waals surface area contributed by atoms with Crippen LogP contribution in [-0.4, -0.2) is 0 Å². The Hall–Kier alpha value is -16.8. The van der Waals surface area contributed by atoms with Gasteiger partial charge in [0.25, 0.3) is 0 Å². The monoisotopic (exact) mass is 1670 g/mol. The number of hydrogen-bond acceptors (Lipinski definition) is 6. The minimum Gasteiger partial charge on any atom is -0.453 e. The average molecular weight is 1670 g/mol. The van der Waals surface area contributed by atoms with E-state index in [1.165, 1.54) is 139 Å². The molecule has 2 aliphatic heterocycles. The van der Waals surface area contributed by atoms with Crippen LogP contribution in [0.25, 0.3) is 111 Å². The summed E-state index contributed by atoms with van der Waals surface area (Å²) in [6.07, 6.45) is 0.722. The van der Waals surface area contributed by atoms with Crippen molar-refractivity contribution in [1.82, 2.24) is 0 Å². The zero-order valence-corrected chi connectivity index (χ0v) is 71.6. The summed E-state index contributed by atoms with van der Waals surface area (Å²) >= 11 is 0. The van der Waals surface area contributed by atoms with Crippen molar-refractivity contribution in [1.29, 1.82) is 0 Å². The number of para-hydroxylation sites is 3. The highest BCUT2D eigenvalue weighted by molar-refractivity contribution is 6.01. The highest BCUT2D eigenvalue weighted by Crippen LogP contribution is 2.68. The molecule has 0 saturated carbocycles. The van der Waals surface area contributed by atoms with Crippen LogP contribution in [-0.2, 0) is 22.7 Å². The lowest BCUT2D eigenvalue weighted by atomic mass is 9.70. The first kappa shape index (κ1) is 74.4. The SMILES string of the molecule is CC1(Cc2ccc3c(c2)Oc2cc4c(cc2N3)-c2ccc(-c3ccc(N(c5ccccc5)c5ccc(-c6ccc(-c7ccccc7)cc6)cc5)cc3)cc2C42c3ccccc3-c3ccccc32)c2ccccc2-c2ccc(N(c3ccc(-c4ccccc4)cc3)c3ccc(-c4ccc5c(c4)C4(c6ccccc6-c6ccccc64)c4cc6c(cc4-5)Oc4ccccc4O6)cc3)cc21. The molecule has 20 aromatic rings. The molecule has 5 aliphatic carbocycles. The smallest absolute Gasteiger partial charge is 0.170 e. The molecule has 7 aliphatic rings. The Balaban J connectivity index is 0.518. The third kappa shape index (κ3) is 11.3. The fourth-order valence-electron chi connectivity index (χ4n) is 23.1. The molecule has 0 amide bonds. The van der Waals surface area contributed by atoms with E-state index < -0.39 is 16.2 Å². The molecule has 1 N–H and O–H groups in total. The van der Waals surface area contributed by atoms with Crippen LogP contribution in [0.5, 0.6) is 34.5 Å². The zero-order chi connectivity index (χ0) is 86.2. The van der Waals surface area contributed by atoms with Crippen LogP contribution in [0.3, 0.4) is 0 Å². The van der Waals surface area contributed by atoms with Crippen LogP contribution < -0.4 is 29.3 Å². The maximum Gasteiger partial charge on any atom is 0.170 e. The van der Waals surface area contributed by atoms with Gasteiger partial charge in [0, 0.05) is 39.5 Å². The predicted octanol–water partition coefficient (Wildman–Crippen LogP) is 32.9. The van der Waals surface area contributed by atoms with Crippen LogP contribution in [0.4, 0.5) is 45.5 Å². The first-order valence-electron chi connectivity index (χ1n) is 45.3. The van der Waals surface area contributed by atoms with E-state index in [9.17, 15) is 0 Å². The first-order chi connectivity index (χ1) is 64.7. The van der Waals surface area contributed by atoms with Gasteiger partial charge in [0.05, 0.1) is 22.2 Å². The fraction of sp³-hybridized carbons (Fsp3) is 0.0400. The Labute approximate surface area is 761 Å². The predicted molar refractivity (Wildman–Crippen MR) is 534 cm³/mol. The average Bonchev–Trinajstić information content (AvgIpc) is 1.51. The van der Waals surface area contributed by atoms with Crippen molar-refractivity contribution in [2.24, 2.45) is 0 Å². The minimum absolute atomic E-state index is 0.449. The van der Waals surface area contributed by atoms with Gasteiger partial charge in [0.1, 0.15) is 0 Å². The van der Waals surface area contributed by atoms with E-state index in [-0.39, 0.29) is 0 Å². The van der Waals surface area contributed by atoms with E-state index >= 15 is 0 Å². The Bertz CT molecular complexity index is 8020. The number of rotatable bonds is 13. The van der Waals surface area contributed by atoms with Gasteiger partial charge >= 0.3 is 0 Å². The molecule has 1 unspecified atom stereocenters. The Morgan fingerprint density at radius 1 is 0.191 bits per heavy atom. The van der Waals surface area contributed by atoms with Gasteiger partial charge in [0.15, 0.2) is 34.5 Å². The van der Waals surface area contributed by atoms with Gasteiger partial charge in [-0.1, -0.05) is 328 Å². The van der Waals surface area contributed by atoms with Gasteiger partial charge in [-0.2, -0.15) is 0 Å². The number of fused-ring (bicyclic) bond motifs is 27. The lowest BCUT2D eigenvalue weighted by Gasteiger charge is -2.32. The van der Waals surface area contributed by atoms with Crippen molar-refractivity contribution in [3.05, 3.63) is 516 Å². The summed E-state index contributed by atoms with van der Waals surface area (Å²) < 4.78 is 20.8. The van der Waals surface area contributed by atoms with Crippen LogP contribution in [0.2, 0.25) is 0 Å². The molecule has 27 rings (SSSR count). The lowest BCUT2D eigenvalue weighted by Crippen LogP contribution is -2.26. The highest BCUT2D eigenvalue weighted by Gasteiger charge is 2.55. The summed E-state index contributed by atoms with van der Waals surface area (Å²) in [5.74, 6) is 4.46. The molecule has 6 heteroatoms. The highest BCUT2D eigenvalue weighted by atomic mass is 16.6. The van der Waals surface area contributed by atoms with Gasteiger partial charge in [0.2, 0.25) is 0 Å². The number of benzene rings is 20. The van der Waals surface area contributed by atoms with Gasteiger partial charge in [-0.3, -0.25) is 0 Å². The van der Waals surface area contributed by atoms with Crippen molar-refractivity contribution >= 4 is 45.5 Å². The van der Waals surface area contributed by atoms with Crippen LogP contribution in [0.1, 0.15) is 68.1 Å². The largest absolute Gasteiger partial charge is 0.453 e. The first-order valence-corrected chi connectivity index (χ1v) is 45.3. The molecule has 6 nitrogen and oxygen atoms in total. The molecule has 0 fully saturated rings. The molecular weight excluding hydrogens is 1590 g/mol. The normalized spacial score (nSPS) is 14.6. The summed E-state index contributed by atoms with van der Waals surface area (Å²) in [4.78, 5) is 4.79. The summed E-state index contributed by atoms with van der Waals surface area (Å²) in [7, 11) is 0. The van der Waals surface area contributed by atoms with Gasteiger partial charge < -0.3 is 29.3 Å². The van der Waals surface area contributed by atoms with Gasteiger partial charge in [-0.05, 0) is 312 Å². The maximum atomic E-state index is 7.44. The number of anilines is 8. The molecule has 2 heterocycles. The third-order valence-electron chi connectivity index (χ3n) is 29.0. The maximum absolute atomic E-state index is 7.44. The van der Waals surface area contributed by atoms with Crippen molar-refractivity contribution in [3.8, 4) is 146 Å². The molecule has 2 spiro atoms. The van der Waals surface area contributed by atoms with Crippen molar-refractivity contribution < 1.29 is 14.2 Å². The standard InChI is InChI=1S/C125H81N3O3/c1-123(77-78-41-68-115-119(69-78)131-120-75-113-103(73-116(120)126-115)101-65-54-87(70-111(101)124(113)106-35-17-12-30-96(106)97-31-13-18-36-107(97)124)85-50-60-91(61-51-85)127(89-27-9-4-10-28-89)90-56-48-84(49-57-90)82-44-42-81(43-45-82)79-23-5-2-6-24-79)105-34-16-11-29-95(105)100-67-64-94(72-110(100)123)128(92-58-46-83(47-59-92)80-25-7-3-8-26-80)93-62-52-86(53-63-93)88-55-66-102-104-74-121-122(130-118-40-22-21-39-117(118)129-121)76-114(104)125(112(102)71-88)108-37-19-14-32-98(108)99-33-15-20-38-109(99)125/h2-76,126H,77H2,1H3. The summed E-state index contributed by atoms with van der Waals surface area (Å²) in [5.41, 5.74) is 44.3. The number of ether oxygens (including phenoxy) is 3. The number of nitrogens with one attached hydrogen (secondary N) is 1. The number of hydrogen-bond donors (Lipinski definition) is 1. The van der Waals surface area contributed by atoms with E-state index in [0.29, 0.717) is 23.0 Å². The number of nitrogens with zero attached hydrogens (tertiary/aromatic N) is 2. The van der Waals surface area contributed by atoms with E-state index in [1.807, 2.05) is 24.3 Å². The van der Waals surface area contributed by atoms with Gasteiger partial charge in [-0.25, -0.2) is 0 Å². The van der Waals surface area contributed by atoms with Crippen LogP contribution in [0, 0.1) is 0 Å². The molecule has 0 aromatic heterocycles. The van der Waals surface area contributed by atoms with E-state index in [1.54, 1.807) is 0 Å². The lowest BCUT2D eigenvalue weighted by molar-refractivity contribution is 0.359. The Kier molecular flexibility index (Phi) is 16.4. The quantitative estimate of drug-likeness (QED) is 0.124. The fourth-order valence-corrected chi connectivity index (χ4v) is 23.1. The molecule has 0 saturated heterocycles. The van der Waals surface area contributed by atoms with E-state index in [0.717, 1.165) is 96.8 Å². The zero-order valence-electron chi connectivity index (χ0n) is 71.6. The second kappa shape index (κ2) is 28.9.